The lowest BCUT2D eigenvalue weighted by molar-refractivity contribution is -0.129. The fourth-order valence-electron chi connectivity index (χ4n) is 3.13. The number of thiophene rings is 1. The zero-order chi connectivity index (χ0) is 20.4. The topological polar surface area (TPSA) is 55.2 Å². The molecule has 3 aromatic rings. The van der Waals surface area contributed by atoms with Crippen LogP contribution in [-0.4, -0.2) is 32.7 Å². The van der Waals surface area contributed by atoms with Gasteiger partial charge in [0, 0.05) is 25.0 Å². The monoisotopic (exact) mass is 415 g/mol. The summed E-state index contributed by atoms with van der Waals surface area (Å²) in [6.45, 7) is 8.86. The van der Waals surface area contributed by atoms with Gasteiger partial charge in [0.15, 0.2) is 5.16 Å². The molecule has 0 spiro atoms. The number of benzene rings is 1. The van der Waals surface area contributed by atoms with Gasteiger partial charge in [0.25, 0.3) is 5.56 Å². The molecule has 0 radical (unpaired) electrons. The van der Waals surface area contributed by atoms with Crippen molar-refractivity contribution >= 4 is 39.2 Å². The minimum atomic E-state index is -0.335. The average Bonchev–Trinajstić information content (AvgIpc) is 2.96. The van der Waals surface area contributed by atoms with Crippen LogP contribution in [0.2, 0.25) is 0 Å². The second-order valence-corrected chi connectivity index (χ2v) is 9.36. The number of aromatic nitrogens is 2. The van der Waals surface area contributed by atoms with Crippen molar-refractivity contribution in [3.63, 3.8) is 0 Å². The van der Waals surface area contributed by atoms with Crippen LogP contribution < -0.4 is 5.56 Å². The lowest BCUT2D eigenvalue weighted by Crippen LogP contribution is -2.33. The van der Waals surface area contributed by atoms with Gasteiger partial charge in [-0.3, -0.25) is 14.2 Å². The van der Waals surface area contributed by atoms with Crippen molar-refractivity contribution in [1.29, 1.82) is 0 Å². The summed E-state index contributed by atoms with van der Waals surface area (Å²) in [5.74, 6) is 0.0180. The lowest BCUT2D eigenvalue weighted by Gasteiger charge is -2.21. The highest BCUT2D eigenvalue weighted by Gasteiger charge is 2.23. The van der Waals surface area contributed by atoms with E-state index >= 15 is 0 Å². The van der Waals surface area contributed by atoms with Gasteiger partial charge in [-0.05, 0) is 38.8 Å². The number of aryl methyl sites for hydroxylation is 2. The Hall–Kier alpha value is -2.12. The van der Waals surface area contributed by atoms with Crippen LogP contribution in [0.3, 0.4) is 0 Å². The number of hydrogen-bond donors (Lipinski definition) is 0. The smallest absolute Gasteiger partial charge is 0.263 e. The molecule has 0 saturated heterocycles. The molecule has 3 rings (SSSR count). The molecule has 0 aliphatic heterocycles. The average molecular weight is 416 g/mol. The third-order valence-corrected chi connectivity index (χ3v) is 7.02. The Morgan fingerprint density at radius 2 is 1.96 bits per heavy atom. The fraction of sp³-hybridized carbons (Fsp3) is 0.381. The molecule has 0 aliphatic carbocycles. The standard InChI is InChI=1S/C21H25N3O2S2/c1-6-24-20(26)17-13(2)14(3)27-18(17)22-21(24)28-15(4)19(25)23(5)12-16-10-8-7-9-11-16/h7-11,15H,6,12H2,1-5H3/t15-/m0/s1. The number of amides is 1. The van der Waals surface area contributed by atoms with E-state index in [4.69, 9.17) is 4.98 Å². The van der Waals surface area contributed by atoms with Crippen molar-refractivity contribution in [2.45, 2.75) is 51.2 Å². The highest BCUT2D eigenvalue weighted by molar-refractivity contribution is 8.00. The SMILES string of the molecule is CCn1c(S[C@@H](C)C(=O)N(C)Cc2ccccc2)nc2sc(C)c(C)c2c1=O. The summed E-state index contributed by atoms with van der Waals surface area (Å²) in [6.07, 6.45) is 0. The molecular weight excluding hydrogens is 390 g/mol. The fourth-order valence-corrected chi connectivity index (χ4v) is 5.29. The van der Waals surface area contributed by atoms with Gasteiger partial charge in [-0.1, -0.05) is 42.1 Å². The van der Waals surface area contributed by atoms with E-state index in [-0.39, 0.29) is 16.7 Å². The predicted octanol–water partition coefficient (Wildman–Crippen LogP) is 4.23. The Morgan fingerprint density at radius 1 is 1.29 bits per heavy atom. The maximum atomic E-state index is 13.0. The summed E-state index contributed by atoms with van der Waals surface area (Å²) < 4.78 is 1.67. The van der Waals surface area contributed by atoms with Crippen LogP contribution in [0.5, 0.6) is 0 Å². The molecule has 1 amide bonds. The number of fused-ring (bicyclic) bond motifs is 1. The Bertz CT molecular complexity index is 1060. The molecule has 5 nitrogen and oxygen atoms in total. The molecule has 0 N–H and O–H groups in total. The number of nitrogens with zero attached hydrogens (tertiary/aromatic N) is 3. The van der Waals surface area contributed by atoms with E-state index < -0.39 is 0 Å². The maximum absolute atomic E-state index is 13.0. The van der Waals surface area contributed by atoms with Gasteiger partial charge in [0.1, 0.15) is 4.83 Å². The molecule has 2 heterocycles. The second-order valence-electron chi connectivity index (χ2n) is 6.85. The van der Waals surface area contributed by atoms with Gasteiger partial charge >= 0.3 is 0 Å². The maximum Gasteiger partial charge on any atom is 0.263 e. The first-order valence-corrected chi connectivity index (χ1v) is 11.0. The Balaban J connectivity index is 1.85. The van der Waals surface area contributed by atoms with Crippen LogP contribution >= 0.6 is 23.1 Å². The highest BCUT2D eigenvalue weighted by atomic mass is 32.2. The van der Waals surface area contributed by atoms with E-state index in [0.717, 1.165) is 20.8 Å². The first-order chi connectivity index (χ1) is 13.3. The number of hydrogen-bond acceptors (Lipinski definition) is 5. The minimum absolute atomic E-state index is 0.0180. The van der Waals surface area contributed by atoms with Gasteiger partial charge in [-0.25, -0.2) is 4.98 Å². The van der Waals surface area contributed by atoms with Gasteiger partial charge < -0.3 is 4.90 Å². The van der Waals surface area contributed by atoms with Crippen molar-refractivity contribution in [3.05, 3.63) is 56.7 Å². The van der Waals surface area contributed by atoms with Crippen molar-refractivity contribution in [2.75, 3.05) is 7.05 Å². The zero-order valence-corrected chi connectivity index (χ0v) is 18.5. The molecule has 0 aliphatic rings. The van der Waals surface area contributed by atoms with Crippen LogP contribution in [0, 0.1) is 13.8 Å². The normalized spacial score (nSPS) is 12.3. The van der Waals surface area contributed by atoms with Gasteiger partial charge in [-0.15, -0.1) is 11.3 Å². The molecule has 0 saturated carbocycles. The van der Waals surface area contributed by atoms with Gasteiger partial charge in [0.2, 0.25) is 5.91 Å². The van der Waals surface area contributed by atoms with E-state index in [1.165, 1.54) is 23.1 Å². The summed E-state index contributed by atoms with van der Waals surface area (Å²) in [5, 5.41) is 0.974. The summed E-state index contributed by atoms with van der Waals surface area (Å²) in [5.41, 5.74) is 2.07. The molecule has 0 bridgehead atoms. The van der Waals surface area contributed by atoms with E-state index in [2.05, 4.69) is 0 Å². The largest absolute Gasteiger partial charge is 0.340 e. The molecule has 2 aromatic heterocycles. The molecule has 1 aromatic carbocycles. The van der Waals surface area contributed by atoms with Crippen molar-refractivity contribution in [3.8, 4) is 0 Å². The zero-order valence-electron chi connectivity index (χ0n) is 16.9. The summed E-state index contributed by atoms with van der Waals surface area (Å²) in [6, 6.07) is 9.91. The Morgan fingerprint density at radius 3 is 2.61 bits per heavy atom. The van der Waals surface area contributed by atoms with Crippen molar-refractivity contribution < 1.29 is 4.79 Å². The number of thioether (sulfide) groups is 1. The first-order valence-electron chi connectivity index (χ1n) is 9.29. The third kappa shape index (κ3) is 4.00. The summed E-state index contributed by atoms with van der Waals surface area (Å²) in [4.78, 5) is 34.1. The minimum Gasteiger partial charge on any atom is -0.340 e. The summed E-state index contributed by atoms with van der Waals surface area (Å²) in [7, 11) is 1.81. The predicted molar refractivity (Wildman–Crippen MR) is 117 cm³/mol. The molecular formula is C21H25N3O2S2. The quantitative estimate of drug-likeness (QED) is 0.446. The van der Waals surface area contributed by atoms with Gasteiger partial charge in [-0.2, -0.15) is 0 Å². The third-order valence-electron chi connectivity index (χ3n) is 4.84. The van der Waals surface area contributed by atoms with Crippen LogP contribution in [-0.2, 0) is 17.9 Å². The highest BCUT2D eigenvalue weighted by Crippen LogP contribution is 2.30. The Labute approximate surface area is 173 Å². The van der Waals surface area contributed by atoms with Crippen LogP contribution in [0.25, 0.3) is 10.2 Å². The van der Waals surface area contributed by atoms with Crippen LogP contribution in [0.4, 0.5) is 0 Å². The Kier molecular flexibility index (Phi) is 6.25. The lowest BCUT2D eigenvalue weighted by atomic mass is 10.2. The number of rotatable bonds is 6. The molecule has 7 heteroatoms. The number of carbonyl (C=O) groups is 1. The van der Waals surface area contributed by atoms with Gasteiger partial charge in [0.05, 0.1) is 10.6 Å². The number of carbonyl (C=O) groups excluding carboxylic acids is 1. The first kappa shape index (κ1) is 20.6. The second kappa shape index (κ2) is 8.49. The molecule has 1 atom stereocenters. The van der Waals surface area contributed by atoms with E-state index in [1.807, 2.05) is 65.1 Å². The van der Waals surface area contributed by atoms with Crippen LogP contribution in [0.1, 0.15) is 29.9 Å². The van der Waals surface area contributed by atoms with Crippen LogP contribution in [0.15, 0.2) is 40.3 Å². The molecule has 0 unspecified atom stereocenters. The van der Waals surface area contributed by atoms with Crippen molar-refractivity contribution in [2.24, 2.45) is 0 Å². The molecule has 148 valence electrons. The van der Waals surface area contributed by atoms with E-state index in [9.17, 15) is 9.59 Å². The van der Waals surface area contributed by atoms with E-state index in [1.54, 1.807) is 9.47 Å². The molecule has 0 fully saturated rings. The summed E-state index contributed by atoms with van der Waals surface area (Å²) >= 11 is 2.89. The van der Waals surface area contributed by atoms with E-state index in [0.29, 0.717) is 23.6 Å². The molecule has 28 heavy (non-hydrogen) atoms. The van der Waals surface area contributed by atoms with Crippen molar-refractivity contribution in [1.82, 2.24) is 14.5 Å².